The highest BCUT2D eigenvalue weighted by molar-refractivity contribution is 5.79. The molecule has 0 radical (unpaired) electrons. The summed E-state index contributed by atoms with van der Waals surface area (Å²) in [4.78, 5) is 4.79. The van der Waals surface area contributed by atoms with Gasteiger partial charge in [0.25, 0.3) is 0 Å². The van der Waals surface area contributed by atoms with Crippen LogP contribution in [-0.4, -0.2) is 35.4 Å². The fourth-order valence-electron chi connectivity index (χ4n) is 3.10. The van der Waals surface area contributed by atoms with Gasteiger partial charge in [-0.1, -0.05) is 26.2 Å². The van der Waals surface area contributed by atoms with Crippen molar-refractivity contribution in [1.82, 2.24) is 20.4 Å². The van der Waals surface area contributed by atoms with Crippen LogP contribution < -0.4 is 10.6 Å². The van der Waals surface area contributed by atoms with E-state index in [1.165, 1.54) is 25.7 Å². The van der Waals surface area contributed by atoms with Gasteiger partial charge in [-0.3, -0.25) is 9.67 Å². The molecule has 2 atom stereocenters. The van der Waals surface area contributed by atoms with Crippen LogP contribution in [-0.2, 0) is 6.54 Å². The molecule has 1 aliphatic rings. The summed E-state index contributed by atoms with van der Waals surface area (Å²) in [6.45, 7) is 8.22. The maximum atomic E-state index is 4.79. The second-order valence-electron chi connectivity index (χ2n) is 6.29. The first kappa shape index (κ1) is 16.8. The number of hydrogen-bond acceptors (Lipinski definition) is 2. The lowest BCUT2D eigenvalue weighted by molar-refractivity contribution is 0.263. The first-order valence-electron chi connectivity index (χ1n) is 8.79. The van der Waals surface area contributed by atoms with Gasteiger partial charge in [-0.25, -0.2) is 0 Å². The Hall–Kier alpha value is -1.52. The Labute approximate surface area is 134 Å². The van der Waals surface area contributed by atoms with Gasteiger partial charge >= 0.3 is 0 Å². The SMILES string of the molecule is CCNC(=NCC1CCCCC1C)NCCCn1cccn1. The van der Waals surface area contributed by atoms with Gasteiger partial charge in [0.1, 0.15) is 0 Å². The minimum absolute atomic E-state index is 0.758. The standard InChI is InChI=1S/C17H31N5/c1-3-18-17(19-10-6-12-22-13-7-11-21-22)20-14-16-9-5-4-8-15(16)2/h7,11,13,15-16H,3-6,8-10,12,14H2,1-2H3,(H2,18,19,20). The van der Waals surface area contributed by atoms with E-state index >= 15 is 0 Å². The number of hydrogen-bond donors (Lipinski definition) is 2. The minimum atomic E-state index is 0.758. The van der Waals surface area contributed by atoms with Gasteiger partial charge in [0.15, 0.2) is 5.96 Å². The Bertz CT molecular complexity index is 426. The third kappa shape index (κ3) is 5.70. The average molecular weight is 305 g/mol. The highest BCUT2D eigenvalue weighted by atomic mass is 15.3. The number of nitrogens with one attached hydrogen (secondary N) is 2. The molecule has 124 valence electrons. The molecule has 1 aromatic rings. The molecule has 2 unspecified atom stereocenters. The summed E-state index contributed by atoms with van der Waals surface area (Å²) in [7, 11) is 0. The van der Waals surface area contributed by atoms with Crippen LogP contribution >= 0.6 is 0 Å². The summed E-state index contributed by atoms with van der Waals surface area (Å²) in [5.41, 5.74) is 0. The first-order chi connectivity index (χ1) is 10.8. The van der Waals surface area contributed by atoms with E-state index in [0.717, 1.165) is 50.4 Å². The van der Waals surface area contributed by atoms with E-state index in [0.29, 0.717) is 0 Å². The molecule has 5 nitrogen and oxygen atoms in total. The third-order valence-corrected chi connectivity index (χ3v) is 4.53. The predicted octanol–water partition coefficient (Wildman–Crippen LogP) is 2.65. The zero-order valence-corrected chi connectivity index (χ0v) is 14.1. The van der Waals surface area contributed by atoms with Crippen molar-refractivity contribution >= 4 is 5.96 Å². The van der Waals surface area contributed by atoms with Gasteiger partial charge in [0.05, 0.1) is 0 Å². The first-order valence-corrected chi connectivity index (χ1v) is 8.79. The lowest BCUT2D eigenvalue weighted by Gasteiger charge is -2.27. The number of guanidine groups is 1. The predicted molar refractivity (Wildman–Crippen MR) is 91.9 cm³/mol. The topological polar surface area (TPSA) is 54.2 Å². The minimum Gasteiger partial charge on any atom is -0.357 e. The lowest BCUT2D eigenvalue weighted by Crippen LogP contribution is -2.38. The summed E-state index contributed by atoms with van der Waals surface area (Å²) >= 11 is 0. The molecule has 1 heterocycles. The van der Waals surface area contributed by atoms with E-state index in [2.05, 4.69) is 29.6 Å². The van der Waals surface area contributed by atoms with E-state index < -0.39 is 0 Å². The molecule has 1 saturated carbocycles. The number of aryl methyl sites for hydroxylation is 1. The zero-order chi connectivity index (χ0) is 15.6. The smallest absolute Gasteiger partial charge is 0.191 e. The van der Waals surface area contributed by atoms with E-state index in [1.54, 1.807) is 0 Å². The van der Waals surface area contributed by atoms with Crippen molar-refractivity contribution in [1.29, 1.82) is 0 Å². The molecule has 0 aliphatic heterocycles. The molecule has 0 saturated heterocycles. The highest BCUT2D eigenvalue weighted by Crippen LogP contribution is 2.29. The number of nitrogens with zero attached hydrogens (tertiary/aromatic N) is 3. The fraction of sp³-hybridized carbons (Fsp3) is 0.765. The second kappa shape index (κ2) is 9.49. The molecule has 2 rings (SSSR count). The summed E-state index contributed by atoms with van der Waals surface area (Å²) < 4.78 is 1.97. The van der Waals surface area contributed by atoms with Crippen molar-refractivity contribution in [2.24, 2.45) is 16.8 Å². The molecule has 1 aromatic heterocycles. The van der Waals surface area contributed by atoms with Gasteiger partial charge in [-0.15, -0.1) is 0 Å². The zero-order valence-electron chi connectivity index (χ0n) is 14.1. The Balaban J connectivity index is 1.71. The molecule has 1 fully saturated rings. The summed E-state index contributed by atoms with van der Waals surface area (Å²) in [5.74, 6) is 2.54. The summed E-state index contributed by atoms with van der Waals surface area (Å²) in [5, 5.41) is 11.0. The van der Waals surface area contributed by atoms with Gasteiger partial charge < -0.3 is 10.6 Å². The molecule has 0 bridgehead atoms. The molecular weight excluding hydrogens is 274 g/mol. The van der Waals surface area contributed by atoms with Crippen LogP contribution in [0.2, 0.25) is 0 Å². The van der Waals surface area contributed by atoms with Crippen LogP contribution in [0.5, 0.6) is 0 Å². The van der Waals surface area contributed by atoms with Crippen molar-refractivity contribution < 1.29 is 0 Å². The van der Waals surface area contributed by atoms with Crippen molar-refractivity contribution in [3.8, 4) is 0 Å². The molecule has 22 heavy (non-hydrogen) atoms. The van der Waals surface area contributed by atoms with Crippen LogP contribution in [0.15, 0.2) is 23.5 Å². The van der Waals surface area contributed by atoms with Crippen LogP contribution in [0.3, 0.4) is 0 Å². The van der Waals surface area contributed by atoms with Gasteiger partial charge in [0.2, 0.25) is 0 Å². The van der Waals surface area contributed by atoms with Crippen molar-refractivity contribution in [2.45, 2.75) is 52.5 Å². The fourth-order valence-corrected chi connectivity index (χ4v) is 3.10. The average Bonchev–Trinajstić information content (AvgIpc) is 3.03. The normalized spacial score (nSPS) is 22.5. The molecule has 0 spiro atoms. The van der Waals surface area contributed by atoms with Crippen molar-refractivity contribution in [3.63, 3.8) is 0 Å². The quantitative estimate of drug-likeness (QED) is 0.462. The molecule has 1 aliphatic carbocycles. The van der Waals surface area contributed by atoms with Crippen LogP contribution in [0.4, 0.5) is 0 Å². The highest BCUT2D eigenvalue weighted by Gasteiger charge is 2.20. The Kier molecular flexibility index (Phi) is 7.26. The Morgan fingerprint density at radius 2 is 2.18 bits per heavy atom. The summed E-state index contributed by atoms with van der Waals surface area (Å²) in [6.07, 6.45) is 10.4. The second-order valence-corrected chi connectivity index (χ2v) is 6.29. The Morgan fingerprint density at radius 1 is 1.32 bits per heavy atom. The van der Waals surface area contributed by atoms with Gasteiger partial charge in [-0.05, 0) is 37.7 Å². The molecule has 0 amide bonds. The molecule has 2 N–H and O–H groups in total. The maximum Gasteiger partial charge on any atom is 0.191 e. The van der Waals surface area contributed by atoms with Crippen molar-refractivity contribution in [3.05, 3.63) is 18.5 Å². The van der Waals surface area contributed by atoms with Crippen molar-refractivity contribution in [2.75, 3.05) is 19.6 Å². The van der Waals surface area contributed by atoms with E-state index in [4.69, 9.17) is 4.99 Å². The maximum absolute atomic E-state index is 4.79. The number of aromatic nitrogens is 2. The largest absolute Gasteiger partial charge is 0.357 e. The van der Waals surface area contributed by atoms with Gasteiger partial charge in [0, 0.05) is 38.6 Å². The summed E-state index contributed by atoms with van der Waals surface area (Å²) in [6, 6.07) is 1.96. The van der Waals surface area contributed by atoms with E-state index in [1.807, 2.05) is 23.1 Å². The Morgan fingerprint density at radius 3 is 2.91 bits per heavy atom. The van der Waals surface area contributed by atoms with Crippen LogP contribution in [0.25, 0.3) is 0 Å². The van der Waals surface area contributed by atoms with Crippen LogP contribution in [0, 0.1) is 11.8 Å². The van der Waals surface area contributed by atoms with Crippen LogP contribution in [0.1, 0.15) is 46.0 Å². The third-order valence-electron chi connectivity index (χ3n) is 4.53. The lowest BCUT2D eigenvalue weighted by atomic mass is 9.80. The molecular formula is C17H31N5. The number of rotatable bonds is 7. The van der Waals surface area contributed by atoms with E-state index in [-0.39, 0.29) is 0 Å². The molecule has 5 heteroatoms. The van der Waals surface area contributed by atoms with E-state index in [9.17, 15) is 0 Å². The number of aliphatic imine (C=N–C) groups is 1. The van der Waals surface area contributed by atoms with Gasteiger partial charge in [-0.2, -0.15) is 5.10 Å². The monoisotopic (exact) mass is 305 g/mol. The molecule has 0 aromatic carbocycles.